The van der Waals surface area contributed by atoms with Crippen LogP contribution in [0.25, 0.3) is 10.8 Å². The van der Waals surface area contributed by atoms with E-state index in [0.29, 0.717) is 29.4 Å². The van der Waals surface area contributed by atoms with Gasteiger partial charge in [-0.2, -0.15) is 8.42 Å². The van der Waals surface area contributed by atoms with Gasteiger partial charge in [0, 0.05) is 18.0 Å². The Morgan fingerprint density at radius 2 is 1.33 bits per heavy atom. The standard InChI is InChI=1S/C20H21NO4.H2O4S/c1-22-17-6-5-13(10-18(17)23-2)9-16-15-12-20(25-4)19(24-3)11-14(15)7-8-21-16;1-5(2,3)4/h5-8,10-12H,9H2,1-4H3;(H2,1,2,3,4). The topological polar surface area (TPSA) is 124 Å². The molecular formula is C20H23NO8S. The van der Waals surface area contributed by atoms with Crippen molar-refractivity contribution in [3.63, 3.8) is 0 Å². The Labute approximate surface area is 174 Å². The first-order valence-electron chi connectivity index (χ1n) is 8.60. The van der Waals surface area contributed by atoms with Crippen molar-refractivity contribution in [2.45, 2.75) is 6.42 Å². The Bertz CT molecular complexity index is 1110. The summed E-state index contributed by atoms with van der Waals surface area (Å²) in [4.78, 5) is 4.56. The monoisotopic (exact) mass is 437 g/mol. The lowest BCUT2D eigenvalue weighted by molar-refractivity contribution is 0.354. The van der Waals surface area contributed by atoms with Crippen LogP contribution in [0.4, 0.5) is 0 Å². The van der Waals surface area contributed by atoms with Gasteiger partial charge in [-0.1, -0.05) is 6.07 Å². The third kappa shape index (κ3) is 6.21. The van der Waals surface area contributed by atoms with Gasteiger partial charge in [0.1, 0.15) is 0 Å². The van der Waals surface area contributed by atoms with Gasteiger partial charge < -0.3 is 18.9 Å². The van der Waals surface area contributed by atoms with Crippen molar-refractivity contribution in [3.05, 3.63) is 53.9 Å². The lowest BCUT2D eigenvalue weighted by Gasteiger charge is -2.12. The van der Waals surface area contributed by atoms with Crippen LogP contribution in [-0.2, 0) is 16.8 Å². The van der Waals surface area contributed by atoms with Crippen molar-refractivity contribution in [1.82, 2.24) is 4.98 Å². The fourth-order valence-corrected chi connectivity index (χ4v) is 2.88. The molecule has 2 N–H and O–H groups in total. The minimum atomic E-state index is -4.67. The summed E-state index contributed by atoms with van der Waals surface area (Å²) in [5.74, 6) is 2.82. The lowest BCUT2D eigenvalue weighted by Crippen LogP contribution is -1.97. The maximum atomic E-state index is 8.74. The van der Waals surface area contributed by atoms with Crippen molar-refractivity contribution >= 4 is 21.2 Å². The minimum Gasteiger partial charge on any atom is -0.493 e. The van der Waals surface area contributed by atoms with Gasteiger partial charge in [-0.15, -0.1) is 0 Å². The predicted molar refractivity (Wildman–Crippen MR) is 111 cm³/mol. The smallest absolute Gasteiger partial charge is 0.394 e. The molecular weight excluding hydrogens is 414 g/mol. The molecule has 0 spiro atoms. The average molecular weight is 437 g/mol. The highest BCUT2D eigenvalue weighted by atomic mass is 32.3. The van der Waals surface area contributed by atoms with Crippen LogP contribution in [0.5, 0.6) is 23.0 Å². The van der Waals surface area contributed by atoms with Gasteiger partial charge in [-0.25, -0.2) is 0 Å². The molecule has 9 nitrogen and oxygen atoms in total. The Balaban J connectivity index is 0.000000575. The molecule has 10 heteroatoms. The molecule has 162 valence electrons. The highest BCUT2D eigenvalue weighted by Crippen LogP contribution is 2.34. The fourth-order valence-electron chi connectivity index (χ4n) is 2.88. The summed E-state index contributed by atoms with van der Waals surface area (Å²) < 4.78 is 53.1. The third-order valence-electron chi connectivity index (χ3n) is 4.17. The van der Waals surface area contributed by atoms with E-state index in [-0.39, 0.29) is 0 Å². The number of benzene rings is 2. The van der Waals surface area contributed by atoms with E-state index in [4.69, 9.17) is 36.5 Å². The number of methoxy groups -OCH3 is 4. The molecule has 0 atom stereocenters. The first kappa shape index (κ1) is 23.2. The average Bonchev–Trinajstić information content (AvgIpc) is 2.71. The predicted octanol–water partition coefficient (Wildman–Crippen LogP) is 3.21. The number of hydrogen-bond acceptors (Lipinski definition) is 7. The molecule has 0 saturated heterocycles. The van der Waals surface area contributed by atoms with E-state index in [1.807, 2.05) is 42.6 Å². The molecule has 3 rings (SSSR count). The number of pyridine rings is 1. The molecule has 1 aromatic heterocycles. The van der Waals surface area contributed by atoms with Gasteiger partial charge >= 0.3 is 10.4 Å². The molecule has 0 amide bonds. The Morgan fingerprint density at radius 1 is 0.800 bits per heavy atom. The van der Waals surface area contributed by atoms with E-state index >= 15 is 0 Å². The van der Waals surface area contributed by atoms with Crippen molar-refractivity contribution in [1.29, 1.82) is 0 Å². The van der Waals surface area contributed by atoms with Crippen LogP contribution < -0.4 is 18.9 Å². The molecule has 2 aromatic carbocycles. The number of ether oxygens (including phenoxy) is 4. The number of aromatic nitrogens is 1. The Morgan fingerprint density at radius 3 is 1.90 bits per heavy atom. The Hall–Kier alpha value is -3.08. The summed E-state index contributed by atoms with van der Waals surface area (Å²) >= 11 is 0. The van der Waals surface area contributed by atoms with Gasteiger partial charge in [0.25, 0.3) is 0 Å². The summed E-state index contributed by atoms with van der Waals surface area (Å²) in [5.41, 5.74) is 2.05. The van der Waals surface area contributed by atoms with Crippen molar-refractivity contribution in [2.24, 2.45) is 0 Å². The third-order valence-corrected chi connectivity index (χ3v) is 4.17. The summed E-state index contributed by atoms with van der Waals surface area (Å²) in [7, 11) is 1.86. The summed E-state index contributed by atoms with van der Waals surface area (Å²) in [5, 5.41) is 2.10. The second-order valence-corrected chi connectivity index (χ2v) is 6.90. The van der Waals surface area contributed by atoms with Crippen LogP contribution in [0.1, 0.15) is 11.3 Å². The number of nitrogens with zero attached hydrogens (tertiary/aromatic N) is 1. The number of hydrogen-bond donors (Lipinski definition) is 2. The van der Waals surface area contributed by atoms with E-state index in [0.717, 1.165) is 22.0 Å². The van der Waals surface area contributed by atoms with Crippen molar-refractivity contribution < 1.29 is 36.5 Å². The molecule has 3 aromatic rings. The molecule has 30 heavy (non-hydrogen) atoms. The minimum absolute atomic E-state index is 0.674. The second-order valence-electron chi connectivity index (χ2n) is 6.00. The molecule has 0 aliphatic rings. The fraction of sp³-hybridized carbons (Fsp3) is 0.250. The van der Waals surface area contributed by atoms with Crippen LogP contribution in [0.3, 0.4) is 0 Å². The molecule has 0 aliphatic heterocycles. The van der Waals surface area contributed by atoms with E-state index in [1.165, 1.54) is 0 Å². The number of rotatable bonds is 6. The maximum absolute atomic E-state index is 8.74. The SMILES string of the molecule is COc1ccc(Cc2nccc3cc(OC)c(OC)cc23)cc1OC.O=S(=O)(O)O. The Kier molecular flexibility index (Phi) is 7.81. The molecule has 1 heterocycles. The molecule has 0 bridgehead atoms. The first-order chi connectivity index (χ1) is 14.2. The summed E-state index contributed by atoms with van der Waals surface area (Å²) in [6, 6.07) is 11.8. The molecule has 0 aliphatic carbocycles. The van der Waals surface area contributed by atoms with E-state index in [2.05, 4.69) is 4.98 Å². The van der Waals surface area contributed by atoms with E-state index < -0.39 is 10.4 Å². The highest BCUT2D eigenvalue weighted by molar-refractivity contribution is 7.79. The van der Waals surface area contributed by atoms with Gasteiger partial charge in [0.15, 0.2) is 23.0 Å². The van der Waals surface area contributed by atoms with Crippen molar-refractivity contribution in [3.8, 4) is 23.0 Å². The van der Waals surface area contributed by atoms with Gasteiger partial charge in [0.05, 0.1) is 34.1 Å². The summed E-state index contributed by atoms with van der Waals surface area (Å²) in [6.45, 7) is 0. The van der Waals surface area contributed by atoms with Gasteiger partial charge in [0.2, 0.25) is 0 Å². The highest BCUT2D eigenvalue weighted by Gasteiger charge is 2.11. The van der Waals surface area contributed by atoms with Crippen LogP contribution in [0.2, 0.25) is 0 Å². The molecule has 0 unspecified atom stereocenters. The zero-order valence-electron chi connectivity index (χ0n) is 16.9. The van der Waals surface area contributed by atoms with Crippen LogP contribution in [0.15, 0.2) is 42.6 Å². The zero-order chi connectivity index (χ0) is 22.3. The van der Waals surface area contributed by atoms with Crippen LogP contribution in [-0.4, -0.2) is 50.9 Å². The normalized spacial score (nSPS) is 10.7. The van der Waals surface area contributed by atoms with Crippen LogP contribution in [0, 0.1) is 0 Å². The summed E-state index contributed by atoms with van der Waals surface area (Å²) in [6.07, 6.45) is 2.48. The lowest BCUT2D eigenvalue weighted by atomic mass is 10.0. The van der Waals surface area contributed by atoms with Crippen LogP contribution >= 0.6 is 0 Å². The van der Waals surface area contributed by atoms with E-state index in [9.17, 15) is 0 Å². The largest absolute Gasteiger partial charge is 0.493 e. The quantitative estimate of drug-likeness (QED) is 0.559. The molecule has 0 fully saturated rings. The number of fused-ring (bicyclic) bond motifs is 1. The first-order valence-corrected chi connectivity index (χ1v) is 10.00. The molecule has 0 saturated carbocycles. The van der Waals surface area contributed by atoms with Crippen molar-refractivity contribution in [2.75, 3.05) is 28.4 Å². The van der Waals surface area contributed by atoms with Gasteiger partial charge in [-0.05, 0) is 41.3 Å². The van der Waals surface area contributed by atoms with Gasteiger partial charge in [-0.3, -0.25) is 14.1 Å². The second kappa shape index (κ2) is 10.1. The maximum Gasteiger partial charge on any atom is 0.394 e. The zero-order valence-corrected chi connectivity index (χ0v) is 17.8. The molecule has 0 radical (unpaired) electrons. The van der Waals surface area contributed by atoms with E-state index in [1.54, 1.807) is 28.4 Å².